The van der Waals surface area contributed by atoms with Crippen molar-refractivity contribution >= 4 is 5.82 Å². The molecule has 0 spiro atoms. The summed E-state index contributed by atoms with van der Waals surface area (Å²) in [5.74, 6) is 0.849. The summed E-state index contributed by atoms with van der Waals surface area (Å²) in [4.78, 5) is 0. The van der Waals surface area contributed by atoms with Gasteiger partial charge in [-0.2, -0.15) is 5.10 Å². The zero-order chi connectivity index (χ0) is 10.3. The molecule has 1 fully saturated rings. The van der Waals surface area contributed by atoms with E-state index in [0.29, 0.717) is 5.41 Å². The van der Waals surface area contributed by atoms with Gasteiger partial charge in [-0.25, -0.2) is 0 Å². The molecule has 2 rings (SSSR count). The van der Waals surface area contributed by atoms with Crippen LogP contribution in [0.2, 0.25) is 0 Å². The first-order chi connectivity index (χ1) is 6.64. The minimum Gasteiger partial charge on any atom is -0.384 e. The summed E-state index contributed by atoms with van der Waals surface area (Å²) in [5.41, 5.74) is 8.91. The Labute approximate surface area is 85.3 Å². The van der Waals surface area contributed by atoms with Gasteiger partial charge in [0.2, 0.25) is 0 Å². The minimum atomic E-state index is 0.376. The minimum absolute atomic E-state index is 0.376. The Balaban J connectivity index is 2.47. The second-order valence-corrected chi connectivity index (χ2v) is 4.32. The highest BCUT2D eigenvalue weighted by molar-refractivity contribution is 5.47. The zero-order valence-corrected chi connectivity index (χ0v) is 9.30. The fourth-order valence-electron chi connectivity index (χ4n) is 2.26. The maximum atomic E-state index is 5.99. The van der Waals surface area contributed by atoms with Crippen molar-refractivity contribution in [2.45, 2.75) is 44.9 Å². The van der Waals surface area contributed by atoms with Gasteiger partial charge in [-0.05, 0) is 25.7 Å². The maximum Gasteiger partial charge on any atom is 0.124 e. The summed E-state index contributed by atoms with van der Waals surface area (Å²) in [6.07, 6.45) is 4.76. The van der Waals surface area contributed by atoms with Crippen molar-refractivity contribution in [2.24, 2.45) is 7.05 Å². The van der Waals surface area contributed by atoms with Crippen LogP contribution in [0.25, 0.3) is 0 Å². The number of hydrogen-bond acceptors (Lipinski definition) is 2. The van der Waals surface area contributed by atoms with Crippen molar-refractivity contribution in [1.82, 2.24) is 9.78 Å². The molecular formula is C11H19N3. The molecule has 3 nitrogen and oxygen atoms in total. The second-order valence-electron chi connectivity index (χ2n) is 4.32. The van der Waals surface area contributed by atoms with Crippen LogP contribution in [0.1, 0.15) is 44.4 Å². The lowest BCUT2D eigenvalue weighted by Gasteiger charge is -2.10. The van der Waals surface area contributed by atoms with Crippen molar-refractivity contribution in [2.75, 3.05) is 5.73 Å². The standard InChI is InChI=1S/C11H19N3/c1-4-8-9(11(5-2)6-7-11)13-14(3)10(8)12/h4-7,12H2,1-3H3. The monoisotopic (exact) mass is 193 g/mol. The van der Waals surface area contributed by atoms with Gasteiger partial charge in [0.15, 0.2) is 0 Å². The van der Waals surface area contributed by atoms with Crippen LogP contribution >= 0.6 is 0 Å². The van der Waals surface area contributed by atoms with Crippen molar-refractivity contribution < 1.29 is 0 Å². The summed E-state index contributed by atoms with van der Waals surface area (Å²) in [5, 5.41) is 4.58. The van der Waals surface area contributed by atoms with E-state index >= 15 is 0 Å². The third kappa shape index (κ3) is 1.15. The molecule has 1 aromatic rings. The zero-order valence-electron chi connectivity index (χ0n) is 9.30. The van der Waals surface area contributed by atoms with E-state index in [4.69, 9.17) is 5.73 Å². The molecule has 0 aliphatic heterocycles. The Morgan fingerprint density at radius 2 is 2.07 bits per heavy atom. The number of rotatable bonds is 3. The first-order valence-corrected chi connectivity index (χ1v) is 5.46. The van der Waals surface area contributed by atoms with E-state index in [2.05, 4.69) is 18.9 Å². The molecule has 0 bridgehead atoms. The van der Waals surface area contributed by atoms with Crippen LogP contribution in [0, 0.1) is 0 Å². The molecule has 14 heavy (non-hydrogen) atoms. The van der Waals surface area contributed by atoms with Crippen LogP contribution < -0.4 is 5.73 Å². The molecule has 0 radical (unpaired) electrons. The maximum absolute atomic E-state index is 5.99. The molecule has 1 aromatic heterocycles. The predicted molar refractivity (Wildman–Crippen MR) is 58.2 cm³/mol. The van der Waals surface area contributed by atoms with Crippen molar-refractivity contribution in [3.05, 3.63) is 11.3 Å². The van der Waals surface area contributed by atoms with Crippen LogP contribution in [-0.2, 0) is 18.9 Å². The van der Waals surface area contributed by atoms with Crippen molar-refractivity contribution in [3.8, 4) is 0 Å². The lowest BCUT2D eigenvalue weighted by molar-refractivity contribution is 0.612. The topological polar surface area (TPSA) is 43.8 Å². The molecule has 3 heteroatoms. The number of nitrogens with zero attached hydrogens (tertiary/aromatic N) is 2. The Morgan fingerprint density at radius 3 is 2.50 bits per heavy atom. The predicted octanol–water partition coefficient (Wildman–Crippen LogP) is 2.01. The first-order valence-electron chi connectivity index (χ1n) is 5.46. The number of hydrogen-bond donors (Lipinski definition) is 1. The van der Waals surface area contributed by atoms with Gasteiger partial charge in [-0.15, -0.1) is 0 Å². The first kappa shape index (κ1) is 9.56. The molecule has 2 N–H and O–H groups in total. The fourth-order valence-corrected chi connectivity index (χ4v) is 2.26. The van der Waals surface area contributed by atoms with Gasteiger partial charge in [-0.3, -0.25) is 4.68 Å². The normalized spacial score (nSPS) is 18.5. The van der Waals surface area contributed by atoms with Gasteiger partial charge in [0, 0.05) is 18.0 Å². The summed E-state index contributed by atoms with van der Waals surface area (Å²) in [6, 6.07) is 0. The van der Waals surface area contributed by atoms with E-state index in [1.807, 2.05) is 11.7 Å². The molecule has 1 saturated carbocycles. The van der Waals surface area contributed by atoms with Crippen molar-refractivity contribution in [1.29, 1.82) is 0 Å². The fraction of sp³-hybridized carbons (Fsp3) is 0.727. The quantitative estimate of drug-likeness (QED) is 0.798. The molecule has 78 valence electrons. The smallest absolute Gasteiger partial charge is 0.124 e. The Morgan fingerprint density at radius 1 is 1.43 bits per heavy atom. The molecule has 0 unspecified atom stereocenters. The second kappa shape index (κ2) is 3.01. The van der Waals surface area contributed by atoms with Crippen LogP contribution in [0.15, 0.2) is 0 Å². The number of nitrogens with two attached hydrogens (primary N) is 1. The number of anilines is 1. The summed E-state index contributed by atoms with van der Waals surface area (Å²) >= 11 is 0. The van der Waals surface area contributed by atoms with E-state index in [1.165, 1.54) is 30.5 Å². The highest BCUT2D eigenvalue weighted by atomic mass is 15.3. The average molecular weight is 193 g/mol. The van der Waals surface area contributed by atoms with Crippen LogP contribution in [-0.4, -0.2) is 9.78 Å². The Kier molecular flexibility index (Phi) is 2.05. The molecule has 1 aliphatic rings. The number of aryl methyl sites for hydroxylation is 1. The highest BCUT2D eigenvalue weighted by Gasteiger charge is 2.46. The summed E-state index contributed by atoms with van der Waals surface area (Å²) < 4.78 is 1.82. The third-order valence-electron chi connectivity index (χ3n) is 3.58. The van der Waals surface area contributed by atoms with E-state index in [-0.39, 0.29) is 0 Å². The molecule has 0 saturated heterocycles. The van der Waals surface area contributed by atoms with Crippen molar-refractivity contribution in [3.63, 3.8) is 0 Å². The van der Waals surface area contributed by atoms with Gasteiger partial charge in [0.1, 0.15) is 5.82 Å². The number of nitrogen functional groups attached to an aromatic ring is 1. The highest BCUT2D eigenvalue weighted by Crippen LogP contribution is 2.52. The third-order valence-corrected chi connectivity index (χ3v) is 3.58. The van der Waals surface area contributed by atoms with Gasteiger partial charge in [-0.1, -0.05) is 13.8 Å². The van der Waals surface area contributed by atoms with Gasteiger partial charge in [0.05, 0.1) is 5.69 Å². The average Bonchev–Trinajstić information content (AvgIpc) is 2.92. The van der Waals surface area contributed by atoms with Gasteiger partial charge >= 0.3 is 0 Å². The summed E-state index contributed by atoms with van der Waals surface area (Å²) in [7, 11) is 1.93. The van der Waals surface area contributed by atoms with Crippen LogP contribution in [0.5, 0.6) is 0 Å². The lowest BCUT2D eigenvalue weighted by atomic mass is 9.94. The van der Waals surface area contributed by atoms with Gasteiger partial charge < -0.3 is 5.73 Å². The van der Waals surface area contributed by atoms with E-state index in [0.717, 1.165) is 12.2 Å². The van der Waals surface area contributed by atoms with E-state index < -0.39 is 0 Å². The van der Waals surface area contributed by atoms with Crippen LogP contribution in [0.3, 0.4) is 0 Å². The number of aromatic nitrogens is 2. The molecule has 1 aliphatic carbocycles. The van der Waals surface area contributed by atoms with Crippen LogP contribution in [0.4, 0.5) is 5.82 Å². The SMILES string of the molecule is CCc1c(C2(CC)CC2)nn(C)c1N. The van der Waals surface area contributed by atoms with Gasteiger partial charge in [0.25, 0.3) is 0 Å². The summed E-state index contributed by atoms with van der Waals surface area (Å²) in [6.45, 7) is 4.40. The van der Waals surface area contributed by atoms with E-state index in [9.17, 15) is 0 Å². The molecule has 0 aromatic carbocycles. The molecule has 0 atom stereocenters. The Hall–Kier alpha value is -0.990. The Bertz CT molecular complexity index is 348. The molecule has 1 heterocycles. The molecular weight excluding hydrogens is 174 g/mol. The molecule has 0 amide bonds. The van der Waals surface area contributed by atoms with E-state index in [1.54, 1.807) is 0 Å². The largest absolute Gasteiger partial charge is 0.384 e. The lowest BCUT2D eigenvalue weighted by Crippen LogP contribution is -2.08.